The Kier molecular flexibility index (Phi) is 3.60. The average molecular weight is 214 g/mol. The highest BCUT2D eigenvalue weighted by atomic mass is 16.6. The summed E-state index contributed by atoms with van der Waals surface area (Å²) < 4.78 is 5.35. The first-order valence-electron chi connectivity index (χ1n) is 5.54. The molecule has 0 aromatic heterocycles. The van der Waals surface area contributed by atoms with Gasteiger partial charge in [-0.15, -0.1) is 0 Å². The first-order chi connectivity index (χ1) is 6.87. The lowest BCUT2D eigenvalue weighted by Gasteiger charge is -2.28. The molecular weight excluding hydrogens is 192 g/mol. The molecule has 0 aromatic rings. The van der Waals surface area contributed by atoms with Gasteiger partial charge in [-0.25, -0.2) is 4.79 Å². The number of amides is 1. The van der Waals surface area contributed by atoms with Crippen LogP contribution in [0.2, 0.25) is 0 Å². The Bertz CT molecular complexity index is 235. The lowest BCUT2D eigenvalue weighted by molar-refractivity contribution is 0.0196. The number of nitrogens with one attached hydrogen (secondary N) is 1. The number of hydrogen-bond acceptors (Lipinski definition) is 3. The number of rotatable bonds is 5. The van der Waals surface area contributed by atoms with Crippen molar-refractivity contribution >= 4 is 6.09 Å². The van der Waals surface area contributed by atoms with Crippen LogP contribution in [0.1, 0.15) is 40.0 Å². The van der Waals surface area contributed by atoms with Crippen LogP contribution in [0.15, 0.2) is 0 Å². The molecule has 0 bridgehead atoms. The minimum atomic E-state index is -0.385. The zero-order chi connectivity index (χ0) is 11.5. The van der Waals surface area contributed by atoms with Gasteiger partial charge >= 0.3 is 6.09 Å². The standard InChI is InChI=1S/C11H22N2O2/c1-10(2,8-11(3)4-5-11)15-9(14)13-7-6-12/h4-8,12H2,1-3H3,(H,13,14). The number of carbonyl (C=O) groups excluding carboxylic acids is 1. The van der Waals surface area contributed by atoms with Gasteiger partial charge in [0.2, 0.25) is 0 Å². The summed E-state index contributed by atoms with van der Waals surface area (Å²) in [5.74, 6) is 0. The van der Waals surface area contributed by atoms with Gasteiger partial charge in [0.05, 0.1) is 0 Å². The van der Waals surface area contributed by atoms with E-state index in [1.54, 1.807) is 0 Å². The van der Waals surface area contributed by atoms with Gasteiger partial charge in [0.25, 0.3) is 0 Å². The summed E-state index contributed by atoms with van der Waals surface area (Å²) >= 11 is 0. The second kappa shape index (κ2) is 4.39. The van der Waals surface area contributed by atoms with Gasteiger partial charge < -0.3 is 15.8 Å². The van der Waals surface area contributed by atoms with Crippen LogP contribution in [-0.4, -0.2) is 24.8 Å². The van der Waals surface area contributed by atoms with Crippen molar-refractivity contribution < 1.29 is 9.53 Å². The van der Waals surface area contributed by atoms with Crippen molar-refractivity contribution in [1.29, 1.82) is 0 Å². The fourth-order valence-electron chi connectivity index (χ4n) is 1.92. The minimum Gasteiger partial charge on any atom is -0.444 e. The van der Waals surface area contributed by atoms with Crippen molar-refractivity contribution in [2.45, 2.75) is 45.6 Å². The fourth-order valence-corrected chi connectivity index (χ4v) is 1.92. The number of nitrogens with two attached hydrogens (primary N) is 1. The fraction of sp³-hybridized carbons (Fsp3) is 0.909. The Labute approximate surface area is 91.5 Å². The van der Waals surface area contributed by atoms with E-state index in [0.717, 1.165) is 6.42 Å². The molecule has 0 saturated heterocycles. The van der Waals surface area contributed by atoms with Crippen LogP contribution < -0.4 is 11.1 Å². The third kappa shape index (κ3) is 4.51. The molecule has 3 N–H and O–H groups in total. The monoisotopic (exact) mass is 214 g/mol. The van der Waals surface area contributed by atoms with Gasteiger partial charge in [-0.1, -0.05) is 6.92 Å². The van der Waals surface area contributed by atoms with Crippen molar-refractivity contribution in [3.63, 3.8) is 0 Å². The molecule has 0 spiro atoms. The molecule has 0 aliphatic heterocycles. The second-order valence-corrected chi connectivity index (χ2v) is 5.35. The Morgan fingerprint density at radius 2 is 2.13 bits per heavy atom. The van der Waals surface area contributed by atoms with Crippen molar-refractivity contribution in [2.75, 3.05) is 13.1 Å². The molecular formula is C11H22N2O2. The molecule has 0 radical (unpaired) electrons. The van der Waals surface area contributed by atoms with Crippen molar-refractivity contribution in [3.8, 4) is 0 Å². The Hall–Kier alpha value is -0.770. The smallest absolute Gasteiger partial charge is 0.407 e. The molecule has 88 valence electrons. The predicted octanol–water partition coefficient (Wildman–Crippen LogP) is 1.64. The largest absolute Gasteiger partial charge is 0.444 e. The minimum absolute atomic E-state index is 0.366. The normalized spacial score (nSPS) is 18.4. The maximum absolute atomic E-state index is 11.3. The van der Waals surface area contributed by atoms with E-state index in [2.05, 4.69) is 12.2 Å². The lowest BCUT2D eigenvalue weighted by Crippen LogP contribution is -2.37. The van der Waals surface area contributed by atoms with Crippen molar-refractivity contribution in [2.24, 2.45) is 11.1 Å². The topological polar surface area (TPSA) is 64.3 Å². The van der Waals surface area contributed by atoms with Crippen LogP contribution in [0, 0.1) is 5.41 Å². The van der Waals surface area contributed by atoms with Crippen LogP contribution in [0.3, 0.4) is 0 Å². The summed E-state index contributed by atoms with van der Waals surface area (Å²) in [5, 5.41) is 2.61. The molecule has 1 aliphatic rings. The van der Waals surface area contributed by atoms with Crippen LogP contribution >= 0.6 is 0 Å². The summed E-state index contributed by atoms with van der Waals surface area (Å²) in [5.41, 5.74) is 5.28. The van der Waals surface area contributed by atoms with Crippen LogP contribution in [0.5, 0.6) is 0 Å². The van der Waals surface area contributed by atoms with E-state index in [-0.39, 0.29) is 11.7 Å². The van der Waals surface area contributed by atoms with Gasteiger partial charge in [-0.2, -0.15) is 0 Å². The highest BCUT2D eigenvalue weighted by Crippen LogP contribution is 2.51. The molecule has 0 heterocycles. The molecule has 4 heteroatoms. The highest BCUT2D eigenvalue weighted by molar-refractivity contribution is 5.67. The Morgan fingerprint density at radius 1 is 1.53 bits per heavy atom. The van der Waals surface area contributed by atoms with Crippen LogP contribution in [0.25, 0.3) is 0 Å². The Balaban J connectivity index is 2.31. The van der Waals surface area contributed by atoms with Gasteiger partial charge in [0.15, 0.2) is 0 Å². The Morgan fingerprint density at radius 3 is 2.60 bits per heavy atom. The third-order valence-corrected chi connectivity index (χ3v) is 2.74. The molecule has 1 rings (SSSR count). The first kappa shape index (κ1) is 12.3. The summed E-state index contributed by atoms with van der Waals surface area (Å²) in [6.45, 7) is 7.05. The number of carbonyl (C=O) groups is 1. The molecule has 0 unspecified atom stereocenters. The third-order valence-electron chi connectivity index (χ3n) is 2.74. The molecule has 4 nitrogen and oxygen atoms in total. The van der Waals surface area contributed by atoms with E-state index in [4.69, 9.17) is 10.5 Å². The van der Waals surface area contributed by atoms with Gasteiger partial charge in [0, 0.05) is 13.1 Å². The number of ether oxygens (including phenoxy) is 1. The number of hydrogen-bond donors (Lipinski definition) is 2. The molecule has 1 saturated carbocycles. The second-order valence-electron chi connectivity index (χ2n) is 5.35. The average Bonchev–Trinajstić information content (AvgIpc) is 2.77. The van der Waals surface area contributed by atoms with E-state index < -0.39 is 0 Å². The van der Waals surface area contributed by atoms with Crippen LogP contribution in [-0.2, 0) is 4.74 Å². The molecule has 15 heavy (non-hydrogen) atoms. The summed E-state index contributed by atoms with van der Waals surface area (Å²) in [7, 11) is 0. The summed E-state index contributed by atoms with van der Waals surface area (Å²) in [4.78, 5) is 11.3. The SMILES string of the molecule is CC1(CC(C)(C)OC(=O)NCCN)CC1. The zero-order valence-electron chi connectivity index (χ0n) is 9.93. The van der Waals surface area contributed by atoms with E-state index in [0.29, 0.717) is 18.5 Å². The molecule has 1 fully saturated rings. The molecule has 1 amide bonds. The maximum Gasteiger partial charge on any atom is 0.407 e. The predicted molar refractivity (Wildman–Crippen MR) is 59.6 cm³/mol. The maximum atomic E-state index is 11.3. The van der Waals surface area contributed by atoms with Crippen molar-refractivity contribution in [3.05, 3.63) is 0 Å². The van der Waals surface area contributed by atoms with Gasteiger partial charge in [-0.3, -0.25) is 0 Å². The number of alkyl carbamates (subject to hydrolysis) is 1. The van der Waals surface area contributed by atoms with E-state index in [1.807, 2.05) is 13.8 Å². The molecule has 1 aliphatic carbocycles. The summed E-state index contributed by atoms with van der Waals surface area (Å²) in [6.07, 6.45) is 3.04. The zero-order valence-corrected chi connectivity index (χ0v) is 9.93. The van der Waals surface area contributed by atoms with E-state index in [1.165, 1.54) is 12.8 Å². The van der Waals surface area contributed by atoms with Crippen LogP contribution in [0.4, 0.5) is 4.79 Å². The van der Waals surface area contributed by atoms with E-state index >= 15 is 0 Å². The first-order valence-corrected chi connectivity index (χ1v) is 5.54. The van der Waals surface area contributed by atoms with Gasteiger partial charge in [0.1, 0.15) is 5.60 Å². The lowest BCUT2D eigenvalue weighted by atomic mass is 9.92. The van der Waals surface area contributed by atoms with E-state index in [9.17, 15) is 4.79 Å². The molecule has 0 atom stereocenters. The van der Waals surface area contributed by atoms with Gasteiger partial charge in [-0.05, 0) is 38.5 Å². The summed E-state index contributed by atoms with van der Waals surface area (Å²) in [6, 6.07) is 0. The molecule has 0 aromatic carbocycles. The quantitative estimate of drug-likeness (QED) is 0.731. The highest BCUT2D eigenvalue weighted by Gasteiger charge is 2.43. The van der Waals surface area contributed by atoms with Crippen molar-refractivity contribution in [1.82, 2.24) is 5.32 Å².